The molecule has 0 saturated heterocycles. The third-order valence-electron chi connectivity index (χ3n) is 1.55. The van der Waals surface area contributed by atoms with E-state index in [9.17, 15) is 5.11 Å². The SMILES string of the molecule is C[C@H](N)c1cc(Cl)cc(Br)c1O.Cl. The predicted molar refractivity (Wildman–Crippen MR) is 60.7 cm³/mol. The second kappa shape index (κ2) is 5.05. The Bertz CT molecular complexity index is 304. The van der Waals surface area contributed by atoms with Crippen molar-refractivity contribution in [3.63, 3.8) is 0 Å². The van der Waals surface area contributed by atoms with Crippen LogP contribution < -0.4 is 5.73 Å². The van der Waals surface area contributed by atoms with Gasteiger partial charge in [0.1, 0.15) is 5.75 Å². The largest absolute Gasteiger partial charge is 0.506 e. The van der Waals surface area contributed by atoms with Crippen LogP contribution in [-0.2, 0) is 0 Å². The molecule has 1 aromatic carbocycles. The zero-order valence-electron chi connectivity index (χ0n) is 6.92. The molecule has 0 radical (unpaired) electrons. The Morgan fingerprint density at radius 3 is 2.54 bits per heavy atom. The molecular weight excluding hydrogens is 277 g/mol. The summed E-state index contributed by atoms with van der Waals surface area (Å²) in [7, 11) is 0. The van der Waals surface area contributed by atoms with E-state index in [1.54, 1.807) is 19.1 Å². The first kappa shape index (κ1) is 13.0. The average Bonchev–Trinajstić information content (AvgIpc) is 1.96. The molecule has 0 bridgehead atoms. The van der Waals surface area contributed by atoms with E-state index in [2.05, 4.69) is 15.9 Å². The topological polar surface area (TPSA) is 46.2 Å². The molecule has 1 rings (SSSR count). The highest BCUT2D eigenvalue weighted by molar-refractivity contribution is 9.10. The first-order valence-corrected chi connectivity index (χ1v) is 4.63. The summed E-state index contributed by atoms with van der Waals surface area (Å²) >= 11 is 8.94. The normalized spacial score (nSPS) is 12.0. The smallest absolute Gasteiger partial charge is 0.134 e. The number of phenols is 1. The van der Waals surface area contributed by atoms with E-state index in [0.717, 1.165) is 0 Å². The molecule has 1 aromatic rings. The Morgan fingerprint density at radius 2 is 2.08 bits per heavy atom. The van der Waals surface area contributed by atoms with Gasteiger partial charge in [-0.2, -0.15) is 0 Å². The van der Waals surface area contributed by atoms with Crippen molar-refractivity contribution in [3.8, 4) is 5.75 Å². The zero-order valence-corrected chi connectivity index (χ0v) is 10.1. The van der Waals surface area contributed by atoms with Gasteiger partial charge in [0.25, 0.3) is 0 Å². The van der Waals surface area contributed by atoms with Crippen molar-refractivity contribution < 1.29 is 5.11 Å². The minimum Gasteiger partial charge on any atom is -0.506 e. The van der Waals surface area contributed by atoms with Gasteiger partial charge in [-0.15, -0.1) is 12.4 Å². The molecule has 0 spiro atoms. The molecule has 0 aliphatic rings. The number of hydrogen-bond acceptors (Lipinski definition) is 2. The Balaban J connectivity index is 0.00000144. The predicted octanol–water partition coefficient (Wildman–Crippen LogP) is 3.25. The highest BCUT2D eigenvalue weighted by atomic mass is 79.9. The highest BCUT2D eigenvalue weighted by Crippen LogP contribution is 2.33. The molecule has 3 N–H and O–H groups in total. The molecule has 0 aliphatic heterocycles. The first-order valence-electron chi connectivity index (χ1n) is 3.46. The van der Waals surface area contributed by atoms with Gasteiger partial charge in [-0.05, 0) is 35.0 Å². The van der Waals surface area contributed by atoms with Crippen molar-refractivity contribution >= 4 is 39.9 Å². The molecule has 13 heavy (non-hydrogen) atoms. The number of phenolic OH excluding ortho intramolecular Hbond substituents is 1. The zero-order chi connectivity index (χ0) is 9.30. The lowest BCUT2D eigenvalue weighted by Gasteiger charge is -2.09. The van der Waals surface area contributed by atoms with Gasteiger partial charge < -0.3 is 10.8 Å². The van der Waals surface area contributed by atoms with Gasteiger partial charge in [0.2, 0.25) is 0 Å². The van der Waals surface area contributed by atoms with Crippen LogP contribution in [0.15, 0.2) is 16.6 Å². The number of rotatable bonds is 1. The number of halogens is 3. The average molecular weight is 287 g/mol. The Hall–Kier alpha value is 0.0400. The maximum absolute atomic E-state index is 9.51. The van der Waals surface area contributed by atoms with Gasteiger partial charge in [0.05, 0.1) is 4.47 Å². The van der Waals surface area contributed by atoms with Crippen molar-refractivity contribution in [3.05, 3.63) is 27.2 Å². The molecule has 74 valence electrons. The van der Waals surface area contributed by atoms with Crippen molar-refractivity contribution in [2.24, 2.45) is 5.73 Å². The lowest BCUT2D eigenvalue weighted by atomic mass is 10.1. The minimum absolute atomic E-state index is 0. The summed E-state index contributed by atoms with van der Waals surface area (Å²) in [5.41, 5.74) is 6.26. The molecule has 0 saturated carbocycles. The summed E-state index contributed by atoms with van der Waals surface area (Å²) in [4.78, 5) is 0. The summed E-state index contributed by atoms with van der Waals surface area (Å²) in [5.74, 6) is 0.161. The molecule has 0 amide bonds. The second-order valence-electron chi connectivity index (χ2n) is 2.61. The molecule has 0 aliphatic carbocycles. The van der Waals surface area contributed by atoms with Gasteiger partial charge in [0, 0.05) is 16.6 Å². The second-order valence-corrected chi connectivity index (χ2v) is 3.90. The lowest BCUT2D eigenvalue weighted by Crippen LogP contribution is -2.05. The molecule has 0 unspecified atom stereocenters. The van der Waals surface area contributed by atoms with Gasteiger partial charge in [0.15, 0.2) is 0 Å². The molecule has 0 fully saturated rings. The maximum atomic E-state index is 9.51. The van der Waals surface area contributed by atoms with Crippen LogP contribution in [0.5, 0.6) is 5.75 Å². The van der Waals surface area contributed by atoms with Crippen molar-refractivity contribution in [1.82, 2.24) is 0 Å². The Labute approximate surface area is 96.6 Å². The van der Waals surface area contributed by atoms with E-state index in [0.29, 0.717) is 15.1 Å². The van der Waals surface area contributed by atoms with Crippen LogP contribution in [0.3, 0.4) is 0 Å². The van der Waals surface area contributed by atoms with Crippen molar-refractivity contribution in [2.75, 3.05) is 0 Å². The standard InChI is InChI=1S/C8H9BrClNO.ClH/c1-4(11)6-2-5(10)3-7(9)8(6)12;/h2-4,12H,11H2,1H3;1H/t4-;/m0./s1. The van der Waals surface area contributed by atoms with E-state index >= 15 is 0 Å². The monoisotopic (exact) mass is 285 g/mol. The fourth-order valence-corrected chi connectivity index (χ4v) is 1.77. The van der Waals surface area contributed by atoms with E-state index < -0.39 is 0 Å². The molecular formula is C8H10BrCl2NO. The third-order valence-corrected chi connectivity index (χ3v) is 2.37. The quantitative estimate of drug-likeness (QED) is 0.832. The first-order chi connectivity index (χ1) is 5.52. The maximum Gasteiger partial charge on any atom is 0.134 e. The van der Waals surface area contributed by atoms with Gasteiger partial charge in [-0.1, -0.05) is 11.6 Å². The van der Waals surface area contributed by atoms with Crippen LogP contribution in [0.25, 0.3) is 0 Å². The van der Waals surface area contributed by atoms with Gasteiger partial charge >= 0.3 is 0 Å². The molecule has 5 heteroatoms. The van der Waals surface area contributed by atoms with Crippen LogP contribution >= 0.6 is 39.9 Å². The van der Waals surface area contributed by atoms with E-state index in [-0.39, 0.29) is 24.2 Å². The number of nitrogens with two attached hydrogens (primary N) is 1. The fourth-order valence-electron chi connectivity index (χ4n) is 0.933. The van der Waals surface area contributed by atoms with E-state index in [4.69, 9.17) is 17.3 Å². The molecule has 1 atom stereocenters. The van der Waals surface area contributed by atoms with Gasteiger partial charge in [-0.3, -0.25) is 0 Å². The van der Waals surface area contributed by atoms with Crippen molar-refractivity contribution in [1.29, 1.82) is 0 Å². The molecule has 0 heterocycles. The van der Waals surface area contributed by atoms with E-state index in [1.807, 2.05) is 0 Å². The van der Waals surface area contributed by atoms with E-state index in [1.165, 1.54) is 0 Å². The summed E-state index contributed by atoms with van der Waals surface area (Å²) in [6, 6.07) is 3.06. The van der Waals surface area contributed by atoms with Crippen LogP contribution in [0.1, 0.15) is 18.5 Å². The van der Waals surface area contributed by atoms with Crippen LogP contribution in [0.4, 0.5) is 0 Å². The summed E-state index contributed by atoms with van der Waals surface area (Å²) in [6.07, 6.45) is 0. The van der Waals surface area contributed by atoms with Crippen LogP contribution in [0.2, 0.25) is 5.02 Å². The minimum atomic E-state index is -0.222. The highest BCUT2D eigenvalue weighted by Gasteiger charge is 2.10. The summed E-state index contributed by atoms with van der Waals surface area (Å²) < 4.78 is 0.572. The van der Waals surface area contributed by atoms with Gasteiger partial charge in [-0.25, -0.2) is 0 Å². The van der Waals surface area contributed by atoms with Crippen molar-refractivity contribution in [2.45, 2.75) is 13.0 Å². The molecule has 0 aromatic heterocycles. The van der Waals surface area contributed by atoms with Crippen LogP contribution in [0, 0.1) is 0 Å². The number of aromatic hydroxyl groups is 1. The molecule has 2 nitrogen and oxygen atoms in total. The Kier molecular flexibility index (Phi) is 5.07. The third kappa shape index (κ3) is 3.02. The van der Waals surface area contributed by atoms with Crippen LogP contribution in [-0.4, -0.2) is 5.11 Å². The summed E-state index contributed by atoms with van der Waals surface area (Å²) in [6.45, 7) is 1.79. The number of benzene rings is 1. The summed E-state index contributed by atoms with van der Waals surface area (Å²) in [5, 5.41) is 10.1. The number of hydrogen-bond donors (Lipinski definition) is 2. The lowest BCUT2D eigenvalue weighted by molar-refractivity contribution is 0.460. The Morgan fingerprint density at radius 1 is 1.54 bits per heavy atom. The fraction of sp³-hybridized carbons (Fsp3) is 0.250.